The lowest BCUT2D eigenvalue weighted by atomic mass is 9.94. The Hall–Kier alpha value is -0.590. The van der Waals surface area contributed by atoms with Crippen molar-refractivity contribution in [1.82, 2.24) is 0 Å². The highest BCUT2D eigenvalue weighted by molar-refractivity contribution is 5.00. The van der Waals surface area contributed by atoms with Crippen molar-refractivity contribution in [1.29, 1.82) is 0 Å². The molecule has 0 bridgehead atoms. The van der Waals surface area contributed by atoms with Crippen LogP contribution in [0.3, 0.4) is 0 Å². The van der Waals surface area contributed by atoms with E-state index in [-0.39, 0.29) is 5.92 Å². The van der Waals surface area contributed by atoms with Gasteiger partial charge in [0.05, 0.1) is 0 Å². The van der Waals surface area contributed by atoms with Crippen molar-refractivity contribution >= 4 is 0 Å². The van der Waals surface area contributed by atoms with Crippen LogP contribution in [0.15, 0.2) is 24.3 Å². The monoisotopic (exact) mass is 170 g/mol. The number of hydrogen-bond acceptors (Lipinski definition) is 0. The highest BCUT2D eigenvalue weighted by atomic mass is 19.1. The van der Waals surface area contributed by atoms with Crippen LogP contribution >= 0.6 is 0 Å². The van der Waals surface area contributed by atoms with Crippen molar-refractivity contribution < 1.29 is 4.39 Å². The molecule has 0 heterocycles. The normalized spacial score (nSPS) is 16.1. The first-order valence-corrected chi connectivity index (χ1v) is 4.44. The maximum Gasteiger partial charge on any atom is 0.106 e. The minimum atomic E-state index is -1.08. The van der Waals surface area contributed by atoms with Gasteiger partial charge in [-0.25, -0.2) is 4.39 Å². The Bertz CT molecular complexity index is 148. The minimum absolute atomic E-state index is 0.236. The third-order valence-electron chi connectivity index (χ3n) is 1.60. The van der Waals surface area contributed by atoms with Crippen LogP contribution in [0.2, 0.25) is 0 Å². The molecule has 0 N–H and O–H groups in total. The van der Waals surface area contributed by atoms with Crippen molar-refractivity contribution in [3.8, 4) is 0 Å². The maximum atomic E-state index is 13.2. The van der Waals surface area contributed by atoms with Crippen molar-refractivity contribution in [3.05, 3.63) is 24.3 Å². The Labute approximate surface area is 75.2 Å². The average Bonchev–Trinajstić information content (AvgIpc) is 1.84. The van der Waals surface area contributed by atoms with E-state index in [1.54, 1.807) is 13.8 Å². The third-order valence-corrected chi connectivity index (χ3v) is 1.60. The Kier molecular flexibility index (Phi) is 4.87. The zero-order valence-electron chi connectivity index (χ0n) is 8.47. The van der Waals surface area contributed by atoms with E-state index in [9.17, 15) is 4.39 Å². The van der Waals surface area contributed by atoms with E-state index in [0.717, 1.165) is 0 Å². The molecule has 0 aliphatic heterocycles. The molecule has 0 fully saturated rings. The molecule has 0 amide bonds. The summed E-state index contributed by atoms with van der Waals surface area (Å²) in [5.41, 5.74) is -1.08. The minimum Gasteiger partial charge on any atom is -0.244 e. The predicted octanol–water partition coefficient (Wildman–Crippen LogP) is 3.89. The van der Waals surface area contributed by atoms with Gasteiger partial charge in [-0.05, 0) is 40.0 Å². The molecule has 0 aliphatic carbocycles. The topological polar surface area (TPSA) is 0 Å². The van der Waals surface area contributed by atoms with Crippen molar-refractivity contribution in [2.45, 2.75) is 39.8 Å². The fraction of sp³-hybridized carbons (Fsp3) is 0.636. The molecule has 0 atom stereocenters. The second-order valence-electron chi connectivity index (χ2n) is 3.64. The summed E-state index contributed by atoms with van der Waals surface area (Å²) >= 11 is 0. The van der Waals surface area contributed by atoms with Crippen LogP contribution in [-0.2, 0) is 0 Å². The summed E-state index contributed by atoms with van der Waals surface area (Å²) in [5, 5.41) is 0. The molecule has 0 aromatic rings. The molecule has 1 heteroatoms. The van der Waals surface area contributed by atoms with E-state index < -0.39 is 5.67 Å². The lowest BCUT2D eigenvalue weighted by Crippen LogP contribution is -2.15. The largest absolute Gasteiger partial charge is 0.244 e. The first kappa shape index (κ1) is 11.4. The summed E-state index contributed by atoms with van der Waals surface area (Å²) in [5.74, 6) is 0.236. The number of allylic oxidation sites excluding steroid dienone is 4. The maximum absolute atomic E-state index is 13.2. The lowest BCUT2D eigenvalue weighted by Gasteiger charge is -2.17. The van der Waals surface area contributed by atoms with Gasteiger partial charge in [-0.1, -0.05) is 24.3 Å². The van der Waals surface area contributed by atoms with Crippen molar-refractivity contribution in [2.75, 3.05) is 0 Å². The van der Waals surface area contributed by atoms with E-state index >= 15 is 0 Å². The number of rotatable bonds is 4. The summed E-state index contributed by atoms with van der Waals surface area (Å²) in [4.78, 5) is 0. The van der Waals surface area contributed by atoms with Gasteiger partial charge in [-0.15, -0.1) is 0 Å². The molecule has 0 spiro atoms. The number of hydrogen-bond donors (Lipinski definition) is 0. The van der Waals surface area contributed by atoms with Crippen LogP contribution in [-0.4, -0.2) is 5.67 Å². The molecule has 0 rings (SSSR count). The third kappa shape index (κ3) is 6.14. The smallest absolute Gasteiger partial charge is 0.106 e. The fourth-order valence-corrected chi connectivity index (χ4v) is 1.26. The molecule has 0 saturated heterocycles. The van der Waals surface area contributed by atoms with Gasteiger partial charge in [0.2, 0.25) is 0 Å². The molecule has 0 aromatic carbocycles. The fourth-order valence-electron chi connectivity index (χ4n) is 1.26. The summed E-state index contributed by atoms with van der Waals surface area (Å²) in [6.45, 7) is 7.16. The summed E-state index contributed by atoms with van der Waals surface area (Å²) < 4.78 is 13.2. The highest BCUT2D eigenvalue weighted by Crippen LogP contribution is 2.22. The standard InChI is InChI=1S/C11H19F/c1-5-7-10(8-6-2)9-11(3,4)12/h5-8,10H,9H2,1-4H3. The molecule has 0 radical (unpaired) electrons. The SMILES string of the molecule is CC=CC(C=CC)CC(C)(C)F. The highest BCUT2D eigenvalue weighted by Gasteiger charge is 2.18. The molecule has 0 aromatic heterocycles. The Morgan fingerprint density at radius 1 is 1.17 bits per heavy atom. The molecule has 0 aliphatic rings. The van der Waals surface area contributed by atoms with E-state index in [1.807, 2.05) is 38.2 Å². The first-order chi connectivity index (χ1) is 5.49. The summed E-state index contributed by atoms with van der Waals surface area (Å²) in [7, 11) is 0. The van der Waals surface area contributed by atoms with Gasteiger partial charge in [0.1, 0.15) is 5.67 Å². The molecular weight excluding hydrogens is 151 g/mol. The summed E-state index contributed by atoms with van der Waals surface area (Å²) in [6.07, 6.45) is 8.55. The molecule has 0 saturated carbocycles. The first-order valence-electron chi connectivity index (χ1n) is 4.44. The van der Waals surface area contributed by atoms with Crippen LogP contribution in [0.5, 0.6) is 0 Å². The number of alkyl halides is 1. The molecule has 0 nitrogen and oxygen atoms in total. The molecule has 70 valence electrons. The van der Waals surface area contributed by atoms with Gasteiger partial charge in [-0.3, -0.25) is 0 Å². The van der Waals surface area contributed by atoms with Gasteiger partial charge >= 0.3 is 0 Å². The van der Waals surface area contributed by atoms with E-state index in [0.29, 0.717) is 6.42 Å². The van der Waals surface area contributed by atoms with Gasteiger partial charge in [0, 0.05) is 0 Å². The van der Waals surface area contributed by atoms with E-state index in [2.05, 4.69) is 0 Å². The lowest BCUT2D eigenvalue weighted by molar-refractivity contribution is 0.190. The van der Waals surface area contributed by atoms with Crippen LogP contribution in [0.25, 0.3) is 0 Å². The summed E-state index contributed by atoms with van der Waals surface area (Å²) in [6, 6.07) is 0. The number of halogens is 1. The Morgan fingerprint density at radius 3 is 1.83 bits per heavy atom. The quantitative estimate of drug-likeness (QED) is 0.561. The second kappa shape index (κ2) is 5.13. The van der Waals surface area contributed by atoms with Crippen LogP contribution in [0.1, 0.15) is 34.1 Å². The Balaban J connectivity index is 4.14. The molecule has 0 unspecified atom stereocenters. The van der Waals surface area contributed by atoms with Crippen LogP contribution in [0.4, 0.5) is 4.39 Å². The molecular formula is C11H19F. The van der Waals surface area contributed by atoms with Crippen molar-refractivity contribution in [2.24, 2.45) is 5.92 Å². The van der Waals surface area contributed by atoms with Gasteiger partial charge in [-0.2, -0.15) is 0 Å². The van der Waals surface area contributed by atoms with E-state index in [1.165, 1.54) is 0 Å². The van der Waals surface area contributed by atoms with Crippen LogP contribution in [0, 0.1) is 5.92 Å². The Morgan fingerprint density at radius 2 is 1.58 bits per heavy atom. The van der Waals surface area contributed by atoms with Gasteiger partial charge < -0.3 is 0 Å². The zero-order chi connectivity index (χ0) is 9.61. The zero-order valence-corrected chi connectivity index (χ0v) is 8.47. The van der Waals surface area contributed by atoms with E-state index in [4.69, 9.17) is 0 Å². The van der Waals surface area contributed by atoms with Gasteiger partial charge in [0.25, 0.3) is 0 Å². The van der Waals surface area contributed by atoms with Crippen molar-refractivity contribution in [3.63, 3.8) is 0 Å². The molecule has 12 heavy (non-hydrogen) atoms. The average molecular weight is 170 g/mol. The van der Waals surface area contributed by atoms with Gasteiger partial charge in [0.15, 0.2) is 0 Å². The predicted molar refractivity (Wildman–Crippen MR) is 52.9 cm³/mol. The second-order valence-corrected chi connectivity index (χ2v) is 3.64. The van der Waals surface area contributed by atoms with Crippen LogP contribution < -0.4 is 0 Å².